The van der Waals surface area contributed by atoms with Gasteiger partial charge in [-0.2, -0.15) is 0 Å². The molecule has 0 aliphatic rings. The Bertz CT molecular complexity index is 896. The second-order valence-electron chi connectivity index (χ2n) is 6.27. The van der Waals surface area contributed by atoms with Gasteiger partial charge in [0.25, 0.3) is 0 Å². The standard InChI is InChI=1S/C20H18Cl2O7/c1-29-15(23)10-20(28,18(26)12-4-8-14(22)9-5-12)19(27)17(25)16(24)11-2-6-13(21)7-3-11/h2-9,17,19,25,27-28H,10H2,1H3/t17?,19?,20-/m1/s1. The summed E-state index contributed by atoms with van der Waals surface area (Å²) in [5.41, 5.74) is -2.94. The van der Waals surface area contributed by atoms with Crippen LogP contribution < -0.4 is 0 Å². The molecule has 9 heteroatoms. The number of esters is 1. The van der Waals surface area contributed by atoms with Gasteiger partial charge in [-0.25, -0.2) is 0 Å². The molecule has 2 unspecified atom stereocenters. The summed E-state index contributed by atoms with van der Waals surface area (Å²) in [4.78, 5) is 37.1. The van der Waals surface area contributed by atoms with E-state index in [0.29, 0.717) is 10.0 Å². The van der Waals surface area contributed by atoms with Gasteiger partial charge in [0.15, 0.2) is 17.2 Å². The fourth-order valence-electron chi connectivity index (χ4n) is 2.65. The predicted octanol–water partition coefficient (Wildman–Crippen LogP) is 2.08. The molecule has 0 aromatic heterocycles. The number of carbonyl (C=O) groups is 3. The topological polar surface area (TPSA) is 121 Å². The number of aliphatic hydroxyl groups excluding tert-OH is 2. The fourth-order valence-corrected chi connectivity index (χ4v) is 2.90. The van der Waals surface area contributed by atoms with Crippen molar-refractivity contribution in [2.75, 3.05) is 7.11 Å². The van der Waals surface area contributed by atoms with E-state index in [1.54, 1.807) is 0 Å². The van der Waals surface area contributed by atoms with Crippen LogP contribution in [0.5, 0.6) is 0 Å². The van der Waals surface area contributed by atoms with E-state index in [1.807, 2.05) is 0 Å². The lowest BCUT2D eigenvalue weighted by atomic mass is 9.80. The molecular weight excluding hydrogens is 423 g/mol. The van der Waals surface area contributed by atoms with Crippen molar-refractivity contribution in [3.05, 3.63) is 69.7 Å². The highest BCUT2D eigenvalue weighted by Gasteiger charge is 2.50. The van der Waals surface area contributed by atoms with E-state index >= 15 is 0 Å². The summed E-state index contributed by atoms with van der Waals surface area (Å²) < 4.78 is 4.47. The van der Waals surface area contributed by atoms with E-state index in [9.17, 15) is 29.7 Å². The Balaban J connectivity index is 2.39. The van der Waals surface area contributed by atoms with Gasteiger partial charge >= 0.3 is 5.97 Å². The number of ketones is 2. The van der Waals surface area contributed by atoms with Gasteiger partial charge in [0, 0.05) is 21.2 Å². The largest absolute Gasteiger partial charge is 0.469 e. The SMILES string of the molecule is COC(=O)C[C@@](O)(C(=O)c1ccc(Cl)cc1)C(O)C(O)C(=O)c1ccc(Cl)cc1. The van der Waals surface area contributed by atoms with Crippen LogP contribution in [0.1, 0.15) is 27.1 Å². The van der Waals surface area contributed by atoms with Crippen LogP contribution >= 0.6 is 23.2 Å². The number of hydrogen-bond donors (Lipinski definition) is 3. The number of benzene rings is 2. The molecule has 0 radical (unpaired) electrons. The van der Waals surface area contributed by atoms with Crippen LogP contribution in [0.25, 0.3) is 0 Å². The summed E-state index contributed by atoms with van der Waals surface area (Å²) >= 11 is 11.5. The zero-order chi connectivity index (χ0) is 21.8. The Morgan fingerprint density at radius 3 is 1.83 bits per heavy atom. The molecule has 0 fully saturated rings. The van der Waals surface area contributed by atoms with Crippen molar-refractivity contribution in [2.24, 2.45) is 0 Å². The Labute approximate surface area is 176 Å². The molecule has 0 saturated heterocycles. The third-order valence-electron chi connectivity index (χ3n) is 4.33. The first kappa shape index (κ1) is 23.0. The first-order chi connectivity index (χ1) is 13.6. The van der Waals surface area contributed by atoms with Gasteiger partial charge in [0.1, 0.15) is 12.2 Å². The van der Waals surface area contributed by atoms with E-state index in [4.69, 9.17) is 23.2 Å². The van der Waals surface area contributed by atoms with Crippen LogP contribution in [0.15, 0.2) is 48.5 Å². The molecular formula is C20H18Cl2O7. The second-order valence-corrected chi connectivity index (χ2v) is 7.15. The lowest BCUT2D eigenvalue weighted by Crippen LogP contribution is -2.57. The van der Waals surface area contributed by atoms with Crippen molar-refractivity contribution < 1.29 is 34.4 Å². The number of methoxy groups -OCH3 is 1. The third kappa shape index (κ3) is 5.20. The van der Waals surface area contributed by atoms with Crippen molar-refractivity contribution >= 4 is 40.7 Å². The van der Waals surface area contributed by atoms with Gasteiger partial charge < -0.3 is 20.1 Å². The maximum atomic E-state index is 12.9. The van der Waals surface area contributed by atoms with E-state index < -0.39 is 41.8 Å². The maximum absolute atomic E-state index is 12.9. The summed E-state index contributed by atoms with van der Waals surface area (Å²) in [7, 11) is 1.02. The minimum atomic E-state index is -2.83. The van der Waals surface area contributed by atoms with Crippen molar-refractivity contribution in [3.8, 4) is 0 Å². The molecule has 0 heterocycles. The van der Waals surface area contributed by atoms with Gasteiger partial charge in [-0.1, -0.05) is 23.2 Å². The number of halogens is 2. The van der Waals surface area contributed by atoms with E-state index in [1.165, 1.54) is 48.5 Å². The van der Waals surface area contributed by atoms with Crippen molar-refractivity contribution in [3.63, 3.8) is 0 Å². The van der Waals surface area contributed by atoms with Crippen LogP contribution in [0.2, 0.25) is 10.0 Å². The van der Waals surface area contributed by atoms with Crippen LogP contribution in [0.3, 0.4) is 0 Å². The highest BCUT2D eigenvalue weighted by molar-refractivity contribution is 6.31. The van der Waals surface area contributed by atoms with Gasteiger partial charge in [0.2, 0.25) is 0 Å². The molecule has 3 N–H and O–H groups in total. The number of ether oxygens (including phenoxy) is 1. The second kappa shape index (κ2) is 9.47. The summed E-state index contributed by atoms with van der Waals surface area (Å²) in [6.45, 7) is 0. The minimum absolute atomic E-state index is 0.0136. The van der Waals surface area contributed by atoms with Gasteiger partial charge in [-0.05, 0) is 48.5 Å². The molecule has 2 aromatic carbocycles. The molecule has 3 atom stereocenters. The first-order valence-corrected chi connectivity index (χ1v) is 9.11. The van der Waals surface area contributed by atoms with Crippen LogP contribution in [0, 0.1) is 0 Å². The quantitative estimate of drug-likeness (QED) is 0.424. The monoisotopic (exact) mass is 440 g/mol. The summed E-state index contributed by atoms with van der Waals surface area (Å²) in [5.74, 6) is -3.09. The number of carbonyl (C=O) groups excluding carboxylic acids is 3. The van der Waals surface area contributed by atoms with Crippen LogP contribution in [-0.4, -0.2) is 57.8 Å². The van der Waals surface area contributed by atoms with E-state index in [-0.39, 0.29) is 11.1 Å². The van der Waals surface area contributed by atoms with E-state index in [0.717, 1.165) is 7.11 Å². The van der Waals surface area contributed by atoms with Gasteiger partial charge in [-0.3, -0.25) is 14.4 Å². The number of hydrogen-bond acceptors (Lipinski definition) is 7. The lowest BCUT2D eigenvalue weighted by Gasteiger charge is -2.33. The highest BCUT2D eigenvalue weighted by Crippen LogP contribution is 2.27. The highest BCUT2D eigenvalue weighted by atomic mass is 35.5. The zero-order valence-electron chi connectivity index (χ0n) is 15.2. The fraction of sp³-hybridized carbons (Fsp3) is 0.250. The average molecular weight is 441 g/mol. The van der Waals surface area contributed by atoms with Gasteiger partial charge in [0.05, 0.1) is 13.5 Å². The summed E-state index contributed by atoms with van der Waals surface area (Å²) in [6, 6.07) is 10.7. The van der Waals surface area contributed by atoms with Crippen molar-refractivity contribution in [1.82, 2.24) is 0 Å². The molecule has 0 saturated carbocycles. The van der Waals surface area contributed by atoms with Gasteiger partial charge in [-0.15, -0.1) is 0 Å². The number of rotatable bonds is 8. The minimum Gasteiger partial charge on any atom is -0.469 e. The Hall–Kier alpha value is -2.29. The summed E-state index contributed by atoms with van der Waals surface area (Å²) in [5, 5.41) is 32.5. The Morgan fingerprint density at radius 2 is 1.38 bits per heavy atom. The molecule has 29 heavy (non-hydrogen) atoms. The lowest BCUT2D eigenvalue weighted by molar-refractivity contribution is -0.152. The Morgan fingerprint density at radius 1 is 0.931 bits per heavy atom. The predicted molar refractivity (Wildman–Crippen MR) is 105 cm³/mol. The molecule has 0 amide bonds. The normalized spacial score (nSPS) is 15.1. The molecule has 0 aliphatic carbocycles. The molecule has 0 aliphatic heterocycles. The molecule has 0 bridgehead atoms. The van der Waals surface area contributed by atoms with Crippen molar-refractivity contribution in [1.29, 1.82) is 0 Å². The molecule has 2 rings (SSSR count). The van der Waals surface area contributed by atoms with Crippen molar-refractivity contribution in [2.45, 2.75) is 24.2 Å². The number of Topliss-reactive ketones (excluding diaryl/α,β-unsaturated/α-hetero) is 2. The Kier molecular flexibility index (Phi) is 7.51. The molecule has 2 aromatic rings. The molecule has 0 spiro atoms. The maximum Gasteiger partial charge on any atom is 0.309 e. The number of aliphatic hydroxyl groups is 3. The van der Waals surface area contributed by atoms with Crippen LogP contribution in [-0.2, 0) is 9.53 Å². The molecule has 7 nitrogen and oxygen atoms in total. The third-order valence-corrected chi connectivity index (χ3v) is 4.83. The zero-order valence-corrected chi connectivity index (χ0v) is 16.7. The molecule has 154 valence electrons. The van der Waals surface area contributed by atoms with E-state index in [2.05, 4.69) is 4.74 Å². The first-order valence-electron chi connectivity index (χ1n) is 8.35. The van der Waals surface area contributed by atoms with Crippen LogP contribution in [0.4, 0.5) is 0 Å². The average Bonchev–Trinajstić information content (AvgIpc) is 2.72. The summed E-state index contributed by atoms with van der Waals surface area (Å²) in [6.07, 6.45) is -5.52. The smallest absolute Gasteiger partial charge is 0.309 e.